The van der Waals surface area contributed by atoms with Gasteiger partial charge in [0.1, 0.15) is 11.5 Å². The number of aryl methyl sites for hydroxylation is 1. The van der Waals surface area contributed by atoms with E-state index < -0.39 is 0 Å². The van der Waals surface area contributed by atoms with Crippen LogP contribution in [0.1, 0.15) is 48.0 Å². The van der Waals surface area contributed by atoms with Crippen molar-refractivity contribution >= 4 is 0 Å². The van der Waals surface area contributed by atoms with Crippen molar-refractivity contribution in [2.24, 2.45) is 0 Å². The predicted molar refractivity (Wildman–Crippen MR) is 108 cm³/mol. The van der Waals surface area contributed by atoms with Crippen molar-refractivity contribution in [3.63, 3.8) is 0 Å². The van der Waals surface area contributed by atoms with E-state index in [0.29, 0.717) is 23.9 Å². The van der Waals surface area contributed by atoms with Crippen LogP contribution in [0.5, 0.6) is 0 Å². The molecule has 0 spiro atoms. The third kappa shape index (κ3) is 2.90. The van der Waals surface area contributed by atoms with Crippen LogP contribution in [0.25, 0.3) is 11.3 Å². The number of hydrogen-bond acceptors (Lipinski definition) is 3. The minimum Gasteiger partial charge on any atom is -0.360 e. The van der Waals surface area contributed by atoms with Gasteiger partial charge in [-0.3, -0.25) is 4.90 Å². The molecule has 2 aromatic carbocycles. The largest absolute Gasteiger partial charge is 0.360 e. The first kappa shape index (κ1) is 16.8. The Bertz CT molecular complexity index is 915. The van der Waals surface area contributed by atoms with Crippen LogP contribution in [0.3, 0.4) is 0 Å². The molecule has 3 heterocycles. The Morgan fingerprint density at radius 1 is 1.00 bits per heavy atom. The van der Waals surface area contributed by atoms with E-state index in [-0.39, 0.29) is 0 Å². The molecule has 2 bridgehead atoms. The molecule has 2 unspecified atom stereocenters. The lowest BCUT2D eigenvalue weighted by Crippen LogP contribution is -2.44. The maximum atomic E-state index is 5.96. The number of benzene rings is 2. The summed E-state index contributed by atoms with van der Waals surface area (Å²) >= 11 is 0. The van der Waals surface area contributed by atoms with Crippen molar-refractivity contribution in [3.05, 3.63) is 77.6 Å². The van der Waals surface area contributed by atoms with E-state index >= 15 is 0 Å². The summed E-state index contributed by atoms with van der Waals surface area (Å²) in [6.07, 6.45) is 3.73. The summed E-state index contributed by atoms with van der Waals surface area (Å²) in [6.45, 7) is 2.15. The summed E-state index contributed by atoms with van der Waals surface area (Å²) in [6, 6.07) is 22.8. The fourth-order valence-corrected chi connectivity index (χ4v) is 5.20. The predicted octanol–water partition coefficient (Wildman–Crippen LogP) is 5.38. The molecule has 138 valence electrons. The molecule has 2 aliphatic rings. The highest BCUT2D eigenvalue weighted by atomic mass is 16.5. The summed E-state index contributed by atoms with van der Waals surface area (Å²) in [5.41, 5.74) is 4.81. The highest BCUT2D eigenvalue weighted by molar-refractivity contribution is 5.58. The highest BCUT2D eigenvalue weighted by Crippen LogP contribution is 2.51. The fraction of sp³-hybridized carbons (Fsp3) is 0.375. The molecule has 3 heteroatoms. The third-order valence-electron chi connectivity index (χ3n) is 6.70. The minimum absolute atomic E-state index is 0.362. The number of piperidine rings is 1. The quantitative estimate of drug-likeness (QED) is 0.629. The van der Waals surface area contributed by atoms with Crippen LogP contribution in [-0.2, 0) is 0 Å². The SMILES string of the molecule is Cc1ccc(C2C[C@H]3CCC([C@H]2c2cc(-c4ccccc4)no2)N3C)cc1. The molecule has 27 heavy (non-hydrogen) atoms. The molecule has 3 nitrogen and oxygen atoms in total. The number of likely N-dealkylation sites (N-methyl/N-ethyl adjacent to an activating group) is 1. The van der Waals surface area contributed by atoms with Crippen LogP contribution in [0.2, 0.25) is 0 Å². The topological polar surface area (TPSA) is 29.3 Å². The van der Waals surface area contributed by atoms with Crippen molar-refractivity contribution in [1.29, 1.82) is 0 Å². The average molecular weight is 358 g/mol. The molecule has 0 amide bonds. The van der Waals surface area contributed by atoms with Crippen molar-refractivity contribution in [2.45, 2.75) is 50.1 Å². The fourth-order valence-electron chi connectivity index (χ4n) is 5.20. The van der Waals surface area contributed by atoms with Crippen LogP contribution in [-0.4, -0.2) is 29.2 Å². The Morgan fingerprint density at radius 3 is 2.56 bits per heavy atom. The van der Waals surface area contributed by atoms with Gasteiger partial charge in [0.05, 0.1) is 0 Å². The number of nitrogens with zero attached hydrogens (tertiary/aromatic N) is 2. The van der Waals surface area contributed by atoms with E-state index in [1.807, 2.05) is 6.07 Å². The molecule has 5 rings (SSSR count). The Labute approximate surface area is 161 Å². The van der Waals surface area contributed by atoms with Gasteiger partial charge in [0.15, 0.2) is 0 Å². The molecular formula is C24H26N2O. The van der Waals surface area contributed by atoms with Gasteiger partial charge in [-0.05, 0) is 44.7 Å². The molecule has 2 aliphatic heterocycles. The van der Waals surface area contributed by atoms with Crippen molar-refractivity contribution in [1.82, 2.24) is 10.1 Å². The molecule has 2 fully saturated rings. The normalized spacial score (nSPS) is 27.8. The first-order valence-corrected chi connectivity index (χ1v) is 10.0. The zero-order valence-corrected chi connectivity index (χ0v) is 16.0. The lowest BCUT2D eigenvalue weighted by molar-refractivity contribution is 0.122. The van der Waals surface area contributed by atoms with E-state index in [2.05, 4.69) is 78.6 Å². The van der Waals surface area contributed by atoms with Crippen molar-refractivity contribution in [3.8, 4) is 11.3 Å². The third-order valence-corrected chi connectivity index (χ3v) is 6.70. The molecule has 1 aromatic heterocycles. The molecular weight excluding hydrogens is 332 g/mol. The number of rotatable bonds is 3. The monoisotopic (exact) mass is 358 g/mol. The highest BCUT2D eigenvalue weighted by Gasteiger charge is 2.48. The molecule has 0 aliphatic carbocycles. The van der Waals surface area contributed by atoms with E-state index in [9.17, 15) is 0 Å². The van der Waals surface area contributed by atoms with Crippen LogP contribution < -0.4 is 0 Å². The van der Waals surface area contributed by atoms with Crippen LogP contribution >= 0.6 is 0 Å². The first-order valence-electron chi connectivity index (χ1n) is 10.0. The molecule has 0 N–H and O–H groups in total. The van der Waals surface area contributed by atoms with Gasteiger partial charge < -0.3 is 4.52 Å². The van der Waals surface area contributed by atoms with Gasteiger partial charge in [-0.15, -0.1) is 0 Å². The average Bonchev–Trinajstić information content (AvgIpc) is 3.26. The molecule has 2 saturated heterocycles. The molecule has 3 aromatic rings. The summed E-state index contributed by atoms with van der Waals surface area (Å²) in [5, 5.41) is 4.42. The van der Waals surface area contributed by atoms with Crippen molar-refractivity contribution in [2.75, 3.05) is 7.05 Å². The summed E-state index contributed by atoms with van der Waals surface area (Å²) in [7, 11) is 2.29. The van der Waals surface area contributed by atoms with Crippen molar-refractivity contribution < 1.29 is 4.52 Å². The Kier molecular flexibility index (Phi) is 4.13. The smallest absolute Gasteiger partial charge is 0.142 e. The summed E-state index contributed by atoms with van der Waals surface area (Å²) in [5.74, 6) is 1.90. The second kappa shape index (κ2) is 6.65. The van der Waals surface area contributed by atoms with Gasteiger partial charge >= 0.3 is 0 Å². The van der Waals surface area contributed by atoms with E-state index in [4.69, 9.17) is 4.52 Å². The Balaban J connectivity index is 1.54. The number of hydrogen-bond donors (Lipinski definition) is 0. The zero-order chi connectivity index (χ0) is 18.4. The first-order chi connectivity index (χ1) is 13.2. The second-order valence-electron chi connectivity index (χ2n) is 8.22. The zero-order valence-electron chi connectivity index (χ0n) is 16.0. The van der Waals surface area contributed by atoms with Gasteiger partial charge in [0, 0.05) is 29.6 Å². The van der Waals surface area contributed by atoms with E-state index in [1.165, 1.54) is 30.4 Å². The second-order valence-corrected chi connectivity index (χ2v) is 8.22. The van der Waals surface area contributed by atoms with E-state index in [0.717, 1.165) is 17.0 Å². The van der Waals surface area contributed by atoms with Crippen LogP contribution in [0, 0.1) is 6.92 Å². The maximum Gasteiger partial charge on any atom is 0.142 e. The Morgan fingerprint density at radius 2 is 1.78 bits per heavy atom. The summed E-state index contributed by atoms with van der Waals surface area (Å²) in [4.78, 5) is 2.58. The minimum atomic E-state index is 0.362. The molecule has 4 atom stereocenters. The van der Waals surface area contributed by atoms with Crippen LogP contribution in [0.15, 0.2) is 65.2 Å². The number of fused-ring (bicyclic) bond motifs is 2. The molecule has 0 saturated carbocycles. The van der Waals surface area contributed by atoms with Gasteiger partial charge in [0.25, 0.3) is 0 Å². The summed E-state index contributed by atoms with van der Waals surface area (Å²) < 4.78 is 5.96. The Hall–Kier alpha value is -2.39. The number of aromatic nitrogens is 1. The molecule has 0 radical (unpaired) electrons. The standard InChI is InChI=1S/C24H26N2O/c1-16-8-10-17(11-9-16)20-14-19-12-13-22(26(19)2)24(20)23-15-21(25-27-23)18-6-4-3-5-7-18/h3-11,15,19-20,22,24H,12-14H2,1-2H3/t19-,20?,22?,24+/m1/s1. The van der Waals surface area contributed by atoms with E-state index in [1.54, 1.807) is 0 Å². The van der Waals surface area contributed by atoms with Gasteiger partial charge in [0.2, 0.25) is 0 Å². The van der Waals surface area contributed by atoms with Gasteiger partial charge in [-0.2, -0.15) is 0 Å². The van der Waals surface area contributed by atoms with Gasteiger partial charge in [-0.25, -0.2) is 0 Å². The van der Waals surface area contributed by atoms with Gasteiger partial charge in [-0.1, -0.05) is 65.3 Å². The lowest BCUT2D eigenvalue weighted by atomic mass is 9.74. The maximum absolute atomic E-state index is 5.96. The lowest BCUT2D eigenvalue weighted by Gasteiger charge is -2.42. The van der Waals surface area contributed by atoms with Crippen LogP contribution in [0.4, 0.5) is 0 Å².